The molecule has 0 spiro atoms. The number of carbonyl (C=O) groups is 7. The third kappa shape index (κ3) is 17.6. The molecule has 2 unspecified atom stereocenters. The van der Waals surface area contributed by atoms with Gasteiger partial charge in [0.15, 0.2) is 0 Å². The first kappa shape index (κ1) is 45.7. The SMILES string of the molecule is CC(C)CNC(=O)N(CCCCCCSC1CC(=O)N(CCC(=O)CC(C)C)C1=O)CCCCCCSC1CC(=O)N(CCC(=O)CC(C)C)C1=O. The smallest absolute Gasteiger partial charge is 0.317 e. The molecule has 0 bridgehead atoms. The fourth-order valence-corrected chi connectivity index (χ4v) is 8.68. The van der Waals surface area contributed by atoms with Gasteiger partial charge < -0.3 is 10.2 Å². The predicted molar refractivity (Wildman–Crippen MR) is 210 cm³/mol. The van der Waals surface area contributed by atoms with Crippen LogP contribution in [0.3, 0.4) is 0 Å². The lowest BCUT2D eigenvalue weighted by atomic mass is 10.1. The lowest BCUT2D eigenvalue weighted by Gasteiger charge is -2.24. The number of urea groups is 1. The second-order valence-electron chi connectivity index (χ2n) is 15.6. The zero-order chi connectivity index (χ0) is 38.6. The second kappa shape index (κ2) is 24.8. The van der Waals surface area contributed by atoms with Gasteiger partial charge in [-0.1, -0.05) is 67.2 Å². The molecular weight excluding hydrogens is 701 g/mol. The van der Waals surface area contributed by atoms with Crippen LogP contribution >= 0.6 is 23.5 Å². The Balaban J connectivity index is 1.63. The van der Waals surface area contributed by atoms with E-state index >= 15 is 0 Å². The molecule has 0 aromatic carbocycles. The number of nitrogens with one attached hydrogen (secondary N) is 1. The van der Waals surface area contributed by atoms with Crippen molar-refractivity contribution in [2.24, 2.45) is 17.8 Å². The Kier molecular flexibility index (Phi) is 21.8. The van der Waals surface area contributed by atoms with Crippen LogP contribution in [0.2, 0.25) is 0 Å². The molecular formula is C39H66N4O7S2. The van der Waals surface area contributed by atoms with Gasteiger partial charge in [0.2, 0.25) is 23.6 Å². The molecule has 6 amide bonds. The number of unbranched alkanes of at least 4 members (excludes halogenated alkanes) is 6. The third-order valence-electron chi connectivity index (χ3n) is 9.14. The van der Waals surface area contributed by atoms with E-state index in [2.05, 4.69) is 19.2 Å². The Morgan fingerprint density at radius 3 is 1.42 bits per heavy atom. The van der Waals surface area contributed by atoms with Crippen LogP contribution in [0, 0.1) is 17.8 Å². The first-order valence-electron chi connectivity index (χ1n) is 19.7. The quantitative estimate of drug-likeness (QED) is 0.0698. The zero-order valence-corrected chi connectivity index (χ0v) is 34.4. The number of hydrogen-bond acceptors (Lipinski definition) is 9. The summed E-state index contributed by atoms with van der Waals surface area (Å²) >= 11 is 3.07. The molecule has 0 saturated carbocycles. The minimum Gasteiger partial charge on any atom is -0.338 e. The number of ketones is 2. The number of hydrogen-bond donors (Lipinski definition) is 1. The Labute approximate surface area is 321 Å². The fourth-order valence-electron chi connectivity index (χ4n) is 6.31. The van der Waals surface area contributed by atoms with Crippen LogP contribution < -0.4 is 5.32 Å². The van der Waals surface area contributed by atoms with E-state index in [4.69, 9.17) is 0 Å². The predicted octanol–water partition coefficient (Wildman–Crippen LogP) is 6.51. The maximum absolute atomic E-state index is 12.9. The number of imide groups is 2. The van der Waals surface area contributed by atoms with Gasteiger partial charge in [0.25, 0.3) is 0 Å². The van der Waals surface area contributed by atoms with Gasteiger partial charge in [-0.25, -0.2) is 4.79 Å². The lowest BCUT2D eigenvalue weighted by molar-refractivity contribution is -0.140. The highest BCUT2D eigenvalue weighted by atomic mass is 32.2. The van der Waals surface area contributed by atoms with Gasteiger partial charge in [-0.05, 0) is 54.9 Å². The summed E-state index contributed by atoms with van der Waals surface area (Å²) in [6.07, 6.45) is 9.40. The van der Waals surface area contributed by atoms with Crippen LogP contribution in [0.15, 0.2) is 0 Å². The van der Waals surface area contributed by atoms with Crippen molar-refractivity contribution >= 4 is 64.8 Å². The van der Waals surface area contributed by atoms with E-state index in [1.165, 1.54) is 33.3 Å². The molecule has 2 heterocycles. The van der Waals surface area contributed by atoms with E-state index in [0.717, 1.165) is 62.9 Å². The summed E-state index contributed by atoms with van der Waals surface area (Å²) < 4.78 is 0. The van der Waals surface area contributed by atoms with Crippen molar-refractivity contribution < 1.29 is 33.6 Å². The lowest BCUT2D eigenvalue weighted by Crippen LogP contribution is -2.42. The Hall–Kier alpha value is -2.41. The fraction of sp³-hybridized carbons (Fsp3) is 0.821. The number of thioether (sulfide) groups is 2. The summed E-state index contributed by atoms with van der Waals surface area (Å²) in [6.45, 7) is 14.4. The van der Waals surface area contributed by atoms with E-state index in [-0.39, 0.29) is 102 Å². The van der Waals surface area contributed by atoms with E-state index in [9.17, 15) is 33.6 Å². The van der Waals surface area contributed by atoms with Crippen molar-refractivity contribution in [2.45, 2.75) is 142 Å². The molecule has 2 fully saturated rings. The molecule has 0 aliphatic carbocycles. The second-order valence-corrected chi connectivity index (χ2v) is 18.2. The molecule has 2 atom stereocenters. The molecule has 11 nitrogen and oxygen atoms in total. The van der Waals surface area contributed by atoms with Crippen molar-refractivity contribution in [3.8, 4) is 0 Å². The molecule has 2 rings (SSSR count). The zero-order valence-electron chi connectivity index (χ0n) is 32.8. The summed E-state index contributed by atoms with van der Waals surface area (Å²) in [7, 11) is 0. The van der Waals surface area contributed by atoms with Gasteiger partial charge in [-0.3, -0.25) is 38.6 Å². The Morgan fingerprint density at radius 1 is 0.635 bits per heavy atom. The molecule has 52 heavy (non-hydrogen) atoms. The number of carbonyl (C=O) groups excluding carboxylic acids is 7. The van der Waals surface area contributed by atoms with E-state index in [1.54, 1.807) is 0 Å². The molecule has 0 radical (unpaired) electrons. The maximum Gasteiger partial charge on any atom is 0.317 e. The number of rotatable bonds is 28. The normalized spacial score (nSPS) is 17.8. The first-order valence-corrected chi connectivity index (χ1v) is 21.8. The van der Waals surface area contributed by atoms with Crippen LogP contribution in [-0.4, -0.2) is 111 Å². The summed E-state index contributed by atoms with van der Waals surface area (Å²) in [5, 5.41) is 2.35. The summed E-state index contributed by atoms with van der Waals surface area (Å²) in [4.78, 5) is 91.8. The van der Waals surface area contributed by atoms with Crippen LogP contribution in [0.5, 0.6) is 0 Å². The van der Waals surface area contributed by atoms with E-state index < -0.39 is 0 Å². The molecule has 2 aliphatic rings. The van der Waals surface area contributed by atoms with Gasteiger partial charge >= 0.3 is 6.03 Å². The standard InChI is InChI=1S/C39H66N4O7S2/c1-28(2)23-31(44)15-19-42-35(46)25-33(37(42)48)51-21-13-9-7-11-17-41(39(50)40-27-30(5)6)18-12-8-10-14-22-52-34-26-36(47)43(38(34)49)20-16-32(45)24-29(3)4/h28-30,33-34H,7-27H2,1-6H3,(H,40,50). The van der Waals surface area contributed by atoms with E-state index in [0.29, 0.717) is 38.4 Å². The molecule has 0 aromatic heterocycles. The number of Topliss-reactive ketones (excluding diaryl/α,β-unsaturated/α-hetero) is 2. The number of amides is 6. The highest BCUT2D eigenvalue weighted by Crippen LogP contribution is 2.28. The van der Waals surface area contributed by atoms with Crippen molar-refractivity contribution in [2.75, 3.05) is 44.2 Å². The van der Waals surface area contributed by atoms with Crippen LogP contribution in [0.25, 0.3) is 0 Å². The summed E-state index contributed by atoms with van der Waals surface area (Å²) in [6, 6.07) is -0.0282. The monoisotopic (exact) mass is 766 g/mol. The molecule has 13 heteroatoms. The van der Waals surface area contributed by atoms with Crippen molar-refractivity contribution in [3.05, 3.63) is 0 Å². The first-order chi connectivity index (χ1) is 24.7. The van der Waals surface area contributed by atoms with Gasteiger partial charge in [0.05, 0.1) is 10.5 Å². The summed E-state index contributed by atoms with van der Waals surface area (Å²) in [5.74, 6) is 1.98. The van der Waals surface area contributed by atoms with E-state index in [1.807, 2.05) is 32.6 Å². The summed E-state index contributed by atoms with van der Waals surface area (Å²) in [5.41, 5.74) is 0. The van der Waals surface area contributed by atoms with Crippen molar-refractivity contribution in [1.29, 1.82) is 0 Å². The highest BCUT2D eigenvalue weighted by Gasteiger charge is 2.39. The molecule has 2 saturated heterocycles. The van der Waals surface area contributed by atoms with Gasteiger partial charge in [-0.2, -0.15) is 0 Å². The topological polar surface area (TPSA) is 141 Å². The van der Waals surface area contributed by atoms with Crippen molar-refractivity contribution in [3.63, 3.8) is 0 Å². The number of nitrogens with zero attached hydrogens (tertiary/aromatic N) is 3. The largest absolute Gasteiger partial charge is 0.338 e. The van der Waals surface area contributed by atoms with Crippen LogP contribution in [0.4, 0.5) is 4.79 Å². The molecule has 1 N–H and O–H groups in total. The number of likely N-dealkylation sites (tertiary alicyclic amines) is 2. The minimum absolute atomic E-state index is 0.0282. The van der Waals surface area contributed by atoms with Gasteiger partial charge in [0, 0.05) is 71.2 Å². The maximum atomic E-state index is 12.9. The third-order valence-corrected chi connectivity index (χ3v) is 11.7. The average molecular weight is 767 g/mol. The van der Waals surface area contributed by atoms with Crippen LogP contribution in [-0.2, 0) is 28.8 Å². The molecule has 0 aromatic rings. The average Bonchev–Trinajstić information content (AvgIpc) is 3.49. The molecule has 2 aliphatic heterocycles. The Morgan fingerprint density at radius 2 is 1.04 bits per heavy atom. The van der Waals surface area contributed by atoms with Crippen molar-refractivity contribution in [1.82, 2.24) is 20.0 Å². The Bertz CT molecular complexity index is 1120. The van der Waals surface area contributed by atoms with Gasteiger partial charge in [-0.15, -0.1) is 23.5 Å². The highest BCUT2D eigenvalue weighted by molar-refractivity contribution is 8.00. The van der Waals surface area contributed by atoms with Gasteiger partial charge in [0.1, 0.15) is 11.6 Å². The minimum atomic E-state index is -0.353. The van der Waals surface area contributed by atoms with Crippen LogP contribution in [0.1, 0.15) is 131 Å². The molecule has 296 valence electrons.